The van der Waals surface area contributed by atoms with E-state index in [0.29, 0.717) is 12.1 Å². The van der Waals surface area contributed by atoms with Gasteiger partial charge in [0.2, 0.25) is 0 Å². The first kappa shape index (κ1) is 12.2. The highest BCUT2D eigenvalue weighted by Gasteiger charge is 2.11. The number of imidazole rings is 1. The van der Waals surface area contributed by atoms with Crippen LogP contribution in [0.3, 0.4) is 0 Å². The summed E-state index contributed by atoms with van der Waals surface area (Å²) in [6.07, 6.45) is 9.32. The fourth-order valence-electron chi connectivity index (χ4n) is 1.81. The molecule has 15 heavy (non-hydrogen) atoms. The molecule has 0 bridgehead atoms. The van der Waals surface area contributed by atoms with Crippen LogP contribution in [0.1, 0.15) is 40.0 Å². The first-order valence-corrected chi connectivity index (χ1v) is 6.01. The molecule has 1 aromatic rings. The molecule has 0 amide bonds. The Morgan fingerprint density at radius 3 is 2.27 bits per heavy atom. The van der Waals surface area contributed by atoms with Crippen molar-refractivity contribution in [3.63, 3.8) is 0 Å². The van der Waals surface area contributed by atoms with Crippen LogP contribution in [-0.2, 0) is 6.54 Å². The molecule has 1 atom stereocenters. The lowest BCUT2D eigenvalue weighted by atomic mass is 10.1. The van der Waals surface area contributed by atoms with Crippen LogP contribution < -0.4 is 5.32 Å². The summed E-state index contributed by atoms with van der Waals surface area (Å²) in [5, 5.41) is 3.69. The zero-order valence-electron chi connectivity index (χ0n) is 10.1. The molecule has 1 aromatic heterocycles. The molecular formula is C12H23N3. The highest BCUT2D eigenvalue weighted by molar-refractivity contribution is 4.79. The molecule has 1 heterocycles. The smallest absolute Gasteiger partial charge is 0.0946 e. The monoisotopic (exact) mass is 209 g/mol. The summed E-state index contributed by atoms with van der Waals surface area (Å²) in [4.78, 5) is 4.06. The minimum atomic E-state index is 0.559. The second-order valence-corrected chi connectivity index (χ2v) is 4.04. The highest BCUT2D eigenvalue weighted by atomic mass is 15.1. The highest BCUT2D eigenvalue weighted by Crippen LogP contribution is 2.03. The van der Waals surface area contributed by atoms with Crippen LogP contribution in [0.5, 0.6) is 0 Å². The molecule has 0 saturated heterocycles. The topological polar surface area (TPSA) is 29.9 Å². The van der Waals surface area contributed by atoms with Crippen LogP contribution in [0, 0.1) is 0 Å². The second kappa shape index (κ2) is 6.62. The van der Waals surface area contributed by atoms with E-state index in [4.69, 9.17) is 0 Å². The van der Waals surface area contributed by atoms with E-state index in [1.54, 1.807) is 0 Å². The maximum atomic E-state index is 4.06. The van der Waals surface area contributed by atoms with E-state index < -0.39 is 0 Å². The first-order chi connectivity index (χ1) is 7.30. The van der Waals surface area contributed by atoms with Gasteiger partial charge in [0, 0.05) is 31.0 Å². The molecule has 0 aliphatic heterocycles. The average molecular weight is 209 g/mol. The van der Waals surface area contributed by atoms with Gasteiger partial charge in [0.05, 0.1) is 6.33 Å². The Hall–Kier alpha value is -0.830. The van der Waals surface area contributed by atoms with Crippen molar-refractivity contribution in [1.82, 2.24) is 14.9 Å². The van der Waals surface area contributed by atoms with Crippen LogP contribution in [-0.4, -0.2) is 21.6 Å². The van der Waals surface area contributed by atoms with Crippen molar-refractivity contribution in [1.29, 1.82) is 0 Å². The van der Waals surface area contributed by atoms with E-state index >= 15 is 0 Å². The molecule has 0 radical (unpaired) electrons. The first-order valence-electron chi connectivity index (χ1n) is 6.01. The number of aromatic nitrogens is 2. The summed E-state index contributed by atoms with van der Waals surface area (Å²) in [7, 11) is 0. The van der Waals surface area contributed by atoms with Crippen molar-refractivity contribution in [3.05, 3.63) is 18.7 Å². The van der Waals surface area contributed by atoms with Gasteiger partial charge in [-0.25, -0.2) is 4.98 Å². The Morgan fingerprint density at radius 2 is 1.80 bits per heavy atom. The molecule has 86 valence electrons. The van der Waals surface area contributed by atoms with E-state index in [1.807, 2.05) is 18.7 Å². The largest absolute Gasteiger partial charge is 0.336 e. The van der Waals surface area contributed by atoms with Crippen molar-refractivity contribution < 1.29 is 0 Å². The van der Waals surface area contributed by atoms with Crippen molar-refractivity contribution in [2.24, 2.45) is 0 Å². The predicted octanol–water partition coefficient (Wildman–Crippen LogP) is 2.44. The number of rotatable bonds is 7. The molecule has 0 aromatic carbocycles. The van der Waals surface area contributed by atoms with Crippen LogP contribution in [0.2, 0.25) is 0 Å². The quantitative estimate of drug-likeness (QED) is 0.747. The third-order valence-corrected chi connectivity index (χ3v) is 2.94. The van der Waals surface area contributed by atoms with Gasteiger partial charge in [0.1, 0.15) is 0 Å². The molecule has 3 nitrogen and oxygen atoms in total. The van der Waals surface area contributed by atoms with Crippen LogP contribution in [0.4, 0.5) is 0 Å². The number of nitrogens with zero attached hydrogens (tertiary/aromatic N) is 2. The van der Waals surface area contributed by atoms with Gasteiger partial charge >= 0.3 is 0 Å². The van der Waals surface area contributed by atoms with E-state index in [2.05, 4.69) is 35.6 Å². The summed E-state index contributed by atoms with van der Waals surface area (Å²) in [5.41, 5.74) is 0. The van der Waals surface area contributed by atoms with E-state index in [0.717, 1.165) is 13.0 Å². The average Bonchev–Trinajstić information content (AvgIpc) is 2.76. The van der Waals surface area contributed by atoms with Gasteiger partial charge in [-0.05, 0) is 19.3 Å². The zero-order chi connectivity index (χ0) is 11.1. The molecule has 0 aliphatic rings. The molecule has 0 saturated carbocycles. The van der Waals surface area contributed by atoms with Crippen molar-refractivity contribution in [2.75, 3.05) is 0 Å². The lowest BCUT2D eigenvalue weighted by Crippen LogP contribution is -2.39. The lowest BCUT2D eigenvalue weighted by Gasteiger charge is -2.23. The third-order valence-electron chi connectivity index (χ3n) is 2.94. The van der Waals surface area contributed by atoms with Crippen molar-refractivity contribution in [2.45, 2.75) is 58.7 Å². The number of hydrogen-bond donors (Lipinski definition) is 1. The number of hydrogen-bond acceptors (Lipinski definition) is 2. The second-order valence-electron chi connectivity index (χ2n) is 4.04. The Balaban J connectivity index is 2.42. The standard InChI is InChI=1S/C12H23N3/c1-4-11(5-2)14-12(6-3)9-15-8-7-13-10-15/h7-8,10-12,14H,4-6,9H2,1-3H3/t12-/m1/s1. The molecule has 0 aliphatic carbocycles. The van der Waals surface area contributed by atoms with Gasteiger partial charge in [0.15, 0.2) is 0 Å². The fourth-order valence-corrected chi connectivity index (χ4v) is 1.81. The van der Waals surface area contributed by atoms with Crippen LogP contribution >= 0.6 is 0 Å². The molecule has 0 spiro atoms. The molecule has 1 rings (SSSR count). The molecule has 1 N–H and O–H groups in total. The summed E-state index contributed by atoms with van der Waals surface area (Å²) in [6, 6.07) is 1.21. The Bertz CT molecular complexity index is 239. The van der Waals surface area contributed by atoms with Gasteiger partial charge in [-0.2, -0.15) is 0 Å². The molecule has 3 heteroatoms. The SMILES string of the molecule is CCC(CC)N[C@H](CC)Cn1ccnc1. The maximum absolute atomic E-state index is 4.06. The Kier molecular flexibility index (Phi) is 5.40. The van der Waals surface area contributed by atoms with E-state index in [9.17, 15) is 0 Å². The number of nitrogens with one attached hydrogen (secondary N) is 1. The normalized spacial score (nSPS) is 13.3. The van der Waals surface area contributed by atoms with Gasteiger partial charge in [-0.15, -0.1) is 0 Å². The van der Waals surface area contributed by atoms with Crippen LogP contribution in [0.25, 0.3) is 0 Å². The molecular weight excluding hydrogens is 186 g/mol. The van der Waals surface area contributed by atoms with Crippen LogP contribution in [0.15, 0.2) is 18.7 Å². The van der Waals surface area contributed by atoms with E-state index in [1.165, 1.54) is 12.8 Å². The molecule has 0 unspecified atom stereocenters. The zero-order valence-corrected chi connectivity index (χ0v) is 10.1. The van der Waals surface area contributed by atoms with Gasteiger partial charge in [-0.1, -0.05) is 20.8 Å². The fraction of sp³-hybridized carbons (Fsp3) is 0.750. The van der Waals surface area contributed by atoms with Crippen molar-refractivity contribution >= 4 is 0 Å². The van der Waals surface area contributed by atoms with Gasteiger partial charge < -0.3 is 9.88 Å². The predicted molar refractivity (Wildman–Crippen MR) is 63.8 cm³/mol. The summed E-state index contributed by atoms with van der Waals surface area (Å²) >= 11 is 0. The Morgan fingerprint density at radius 1 is 1.13 bits per heavy atom. The summed E-state index contributed by atoms with van der Waals surface area (Å²) in [5.74, 6) is 0. The summed E-state index contributed by atoms with van der Waals surface area (Å²) < 4.78 is 2.14. The van der Waals surface area contributed by atoms with Crippen molar-refractivity contribution in [3.8, 4) is 0 Å². The third kappa shape index (κ3) is 4.04. The maximum Gasteiger partial charge on any atom is 0.0946 e. The lowest BCUT2D eigenvalue weighted by molar-refractivity contribution is 0.365. The molecule has 0 fully saturated rings. The van der Waals surface area contributed by atoms with Gasteiger partial charge in [0.25, 0.3) is 0 Å². The van der Waals surface area contributed by atoms with E-state index in [-0.39, 0.29) is 0 Å². The Labute approximate surface area is 92.9 Å². The summed E-state index contributed by atoms with van der Waals surface area (Å²) in [6.45, 7) is 7.74. The van der Waals surface area contributed by atoms with Gasteiger partial charge in [-0.3, -0.25) is 0 Å². The minimum Gasteiger partial charge on any atom is -0.336 e. The minimum absolute atomic E-state index is 0.559.